The molecule has 8 nitrogen and oxygen atoms in total. The summed E-state index contributed by atoms with van der Waals surface area (Å²) in [4.78, 5) is 43.5. The molecule has 3 N–H and O–H groups in total. The summed E-state index contributed by atoms with van der Waals surface area (Å²) in [6, 6.07) is 16.4. The maximum Gasteiger partial charge on any atom is 0.408 e. The first-order valence-electron chi connectivity index (χ1n) is 15.0. The molecule has 0 aliphatic heterocycles. The topological polar surface area (TPSA) is 108 Å². The van der Waals surface area contributed by atoms with Crippen LogP contribution in [0.2, 0.25) is 5.02 Å². The summed E-state index contributed by atoms with van der Waals surface area (Å²) in [7, 11) is 0. The van der Waals surface area contributed by atoms with Crippen LogP contribution in [-0.2, 0) is 20.7 Å². The minimum atomic E-state index is -1.15. The molecule has 2 atom stereocenters. The van der Waals surface area contributed by atoms with Crippen LogP contribution in [0.25, 0.3) is 0 Å². The summed E-state index contributed by atoms with van der Waals surface area (Å²) < 4.78 is 5.51. The van der Waals surface area contributed by atoms with E-state index in [2.05, 4.69) is 16.6 Å². The van der Waals surface area contributed by atoms with Crippen molar-refractivity contribution in [3.63, 3.8) is 0 Å². The van der Waals surface area contributed by atoms with Gasteiger partial charge in [-0.2, -0.15) is 0 Å². The van der Waals surface area contributed by atoms with Gasteiger partial charge in [-0.1, -0.05) is 79.8 Å². The largest absolute Gasteiger partial charge is 0.508 e. The highest BCUT2D eigenvalue weighted by Crippen LogP contribution is 2.31. The second-order valence-electron chi connectivity index (χ2n) is 11.9. The molecule has 45 heavy (non-hydrogen) atoms. The van der Waals surface area contributed by atoms with Gasteiger partial charge in [-0.3, -0.25) is 9.59 Å². The average molecular weight is 632 g/mol. The molecule has 0 spiro atoms. The lowest BCUT2D eigenvalue weighted by atomic mass is 9.96. The van der Waals surface area contributed by atoms with E-state index in [-0.39, 0.29) is 18.7 Å². The van der Waals surface area contributed by atoms with Gasteiger partial charge in [-0.25, -0.2) is 4.79 Å². The second kappa shape index (κ2) is 16.0. The number of carbonyl (C=O) groups excluding carboxylic acids is 3. The van der Waals surface area contributed by atoms with Gasteiger partial charge < -0.3 is 25.4 Å². The number of hydrogen-bond acceptors (Lipinski definition) is 5. The number of halogens is 1. The van der Waals surface area contributed by atoms with Crippen LogP contribution in [-0.4, -0.2) is 46.1 Å². The summed E-state index contributed by atoms with van der Waals surface area (Å²) in [6.45, 7) is 9.28. The number of aromatic hydroxyl groups is 1. The standard InChI is InChI=1S/C36H42ClN3O5/c1-7-9-12-22-40(34(43)30(38-35(44)45-36(4,5)6)23-25-18-20-27(41)21-19-25)32(28-16-11-10-15-26(28)8-2)33(42)39-31-24(3)14-13-17-29(31)37/h2,10-11,13-21,30,32,41H,7,9,12,22-23H2,1,3-6H3,(H,38,44)(H,39,42). The number of para-hydroxylation sites is 1. The SMILES string of the molecule is C#Cc1ccccc1C(C(=O)Nc1c(C)cccc1Cl)N(CCCCC)C(=O)C(Cc1ccc(O)cc1)NC(=O)OC(C)(C)C. The molecule has 0 heterocycles. The van der Waals surface area contributed by atoms with Crippen molar-refractivity contribution >= 4 is 35.2 Å². The number of phenolic OH excluding ortho intramolecular Hbond substituents is 1. The zero-order valence-corrected chi connectivity index (χ0v) is 27.3. The molecule has 0 saturated carbocycles. The van der Waals surface area contributed by atoms with Crippen molar-refractivity contribution in [3.05, 3.63) is 94.0 Å². The molecule has 0 radical (unpaired) electrons. The van der Waals surface area contributed by atoms with Crippen LogP contribution in [0.3, 0.4) is 0 Å². The van der Waals surface area contributed by atoms with Gasteiger partial charge in [0.05, 0.1) is 10.7 Å². The number of carbonyl (C=O) groups is 3. The molecule has 0 aromatic heterocycles. The average Bonchev–Trinajstić information content (AvgIpc) is 2.98. The lowest BCUT2D eigenvalue weighted by Crippen LogP contribution is -2.53. The number of alkyl carbamates (subject to hydrolysis) is 1. The normalized spacial score (nSPS) is 12.4. The highest BCUT2D eigenvalue weighted by molar-refractivity contribution is 6.34. The predicted molar refractivity (Wildman–Crippen MR) is 178 cm³/mol. The maximum atomic E-state index is 14.7. The first-order chi connectivity index (χ1) is 21.3. The Morgan fingerprint density at radius 1 is 1.02 bits per heavy atom. The van der Waals surface area contributed by atoms with Crippen LogP contribution in [0.1, 0.15) is 75.3 Å². The third-order valence-electron chi connectivity index (χ3n) is 7.09. The Balaban J connectivity index is 2.15. The number of hydrogen-bond donors (Lipinski definition) is 3. The first kappa shape index (κ1) is 35.0. The molecule has 0 fully saturated rings. The van der Waals surface area contributed by atoms with Gasteiger partial charge in [0.15, 0.2) is 0 Å². The number of ether oxygens (including phenoxy) is 1. The Morgan fingerprint density at radius 3 is 2.33 bits per heavy atom. The smallest absolute Gasteiger partial charge is 0.408 e. The molecular weight excluding hydrogens is 590 g/mol. The lowest BCUT2D eigenvalue weighted by Gasteiger charge is -2.35. The third kappa shape index (κ3) is 10.0. The number of rotatable bonds is 12. The molecule has 0 aliphatic rings. The maximum absolute atomic E-state index is 14.7. The monoisotopic (exact) mass is 631 g/mol. The Kier molecular flexibility index (Phi) is 12.5. The molecule has 3 aromatic rings. The quantitative estimate of drug-likeness (QED) is 0.145. The molecule has 9 heteroatoms. The molecule has 0 saturated heterocycles. The number of amides is 3. The Bertz CT molecular complexity index is 1500. The number of phenols is 1. The molecule has 3 aromatic carbocycles. The summed E-state index contributed by atoms with van der Waals surface area (Å²) in [5.41, 5.74) is 1.98. The van der Waals surface area contributed by atoms with Gasteiger partial charge in [0.25, 0.3) is 5.91 Å². The third-order valence-corrected chi connectivity index (χ3v) is 7.41. The van der Waals surface area contributed by atoms with Crippen molar-refractivity contribution in [2.45, 2.75) is 78.0 Å². The van der Waals surface area contributed by atoms with E-state index in [1.807, 2.05) is 19.9 Å². The summed E-state index contributed by atoms with van der Waals surface area (Å²) in [5.74, 6) is 1.73. The summed E-state index contributed by atoms with van der Waals surface area (Å²) >= 11 is 6.48. The van der Waals surface area contributed by atoms with Crippen molar-refractivity contribution < 1.29 is 24.2 Å². The van der Waals surface area contributed by atoms with E-state index in [9.17, 15) is 19.5 Å². The highest BCUT2D eigenvalue weighted by atomic mass is 35.5. The van der Waals surface area contributed by atoms with Crippen molar-refractivity contribution in [1.29, 1.82) is 0 Å². The fourth-order valence-electron chi connectivity index (χ4n) is 4.92. The second-order valence-corrected chi connectivity index (χ2v) is 12.3. The van der Waals surface area contributed by atoms with Crippen molar-refractivity contribution in [2.24, 2.45) is 0 Å². The lowest BCUT2D eigenvalue weighted by molar-refractivity contribution is -0.140. The molecule has 0 aliphatic carbocycles. The van der Waals surface area contributed by atoms with E-state index in [4.69, 9.17) is 22.8 Å². The van der Waals surface area contributed by atoms with E-state index >= 15 is 0 Å². The minimum Gasteiger partial charge on any atom is -0.508 e. The Morgan fingerprint density at radius 2 is 1.71 bits per heavy atom. The summed E-state index contributed by atoms with van der Waals surface area (Å²) in [6.07, 6.45) is 7.49. The van der Waals surface area contributed by atoms with Gasteiger partial charge in [0.2, 0.25) is 5.91 Å². The van der Waals surface area contributed by atoms with Gasteiger partial charge in [0, 0.05) is 18.5 Å². The van der Waals surface area contributed by atoms with E-state index < -0.39 is 35.6 Å². The predicted octanol–water partition coefficient (Wildman–Crippen LogP) is 7.17. The molecule has 2 unspecified atom stereocenters. The number of aryl methyl sites for hydroxylation is 1. The van der Waals surface area contributed by atoms with Gasteiger partial charge in [-0.05, 0) is 75.1 Å². The van der Waals surface area contributed by atoms with Crippen LogP contribution < -0.4 is 10.6 Å². The fourth-order valence-corrected chi connectivity index (χ4v) is 5.18. The molecule has 3 rings (SSSR count). The van der Waals surface area contributed by atoms with Crippen molar-refractivity contribution in [3.8, 4) is 18.1 Å². The highest BCUT2D eigenvalue weighted by Gasteiger charge is 2.37. The van der Waals surface area contributed by atoms with E-state index in [0.29, 0.717) is 33.8 Å². The minimum absolute atomic E-state index is 0.0698. The van der Waals surface area contributed by atoms with Crippen LogP contribution in [0.4, 0.5) is 10.5 Å². The molecule has 238 valence electrons. The number of nitrogens with zero attached hydrogens (tertiary/aromatic N) is 1. The summed E-state index contributed by atoms with van der Waals surface area (Å²) in [5, 5.41) is 15.9. The number of nitrogens with one attached hydrogen (secondary N) is 2. The zero-order valence-electron chi connectivity index (χ0n) is 26.5. The molecular formula is C36H42ClN3O5. The van der Waals surface area contributed by atoms with Crippen LogP contribution in [0.5, 0.6) is 5.75 Å². The Hall–Kier alpha value is -4.48. The van der Waals surface area contributed by atoms with E-state index in [0.717, 1.165) is 18.4 Å². The van der Waals surface area contributed by atoms with Crippen molar-refractivity contribution in [2.75, 3.05) is 11.9 Å². The zero-order chi connectivity index (χ0) is 33.1. The van der Waals surface area contributed by atoms with Crippen LogP contribution in [0.15, 0.2) is 66.7 Å². The number of unbranched alkanes of at least 4 members (excludes halogenated alkanes) is 2. The van der Waals surface area contributed by atoms with E-state index in [1.165, 1.54) is 17.0 Å². The van der Waals surface area contributed by atoms with Crippen LogP contribution >= 0.6 is 11.6 Å². The van der Waals surface area contributed by atoms with Gasteiger partial charge >= 0.3 is 6.09 Å². The van der Waals surface area contributed by atoms with Gasteiger partial charge in [-0.15, -0.1) is 6.42 Å². The number of benzene rings is 3. The number of terminal acetylenes is 1. The first-order valence-corrected chi connectivity index (χ1v) is 15.4. The fraction of sp³-hybridized carbons (Fsp3) is 0.361. The van der Waals surface area contributed by atoms with Gasteiger partial charge in [0.1, 0.15) is 23.4 Å². The van der Waals surface area contributed by atoms with E-state index in [1.54, 1.807) is 69.3 Å². The van der Waals surface area contributed by atoms with Crippen LogP contribution in [0, 0.1) is 19.3 Å². The van der Waals surface area contributed by atoms with Crippen molar-refractivity contribution in [1.82, 2.24) is 10.2 Å². The Labute approximate surface area is 271 Å². The molecule has 0 bridgehead atoms. The molecule has 3 amide bonds. The number of anilines is 1.